The van der Waals surface area contributed by atoms with E-state index in [2.05, 4.69) is 0 Å². The van der Waals surface area contributed by atoms with Gasteiger partial charge in [0.1, 0.15) is 0 Å². The van der Waals surface area contributed by atoms with E-state index in [9.17, 15) is 4.79 Å². The second-order valence-electron chi connectivity index (χ2n) is 4.54. The number of nitrogens with zero attached hydrogens (tertiary/aromatic N) is 1. The number of nitrogens with two attached hydrogens (primary N) is 1. The van der Waals surface area contributed by atoms with E-state index in [1.807, 2.05) is 6.07 Å². The van der Waals surface area contributed by atoms with Gasteiger partial charge in [0, 0.05) is 35.1 Å². The molecule has 0 radical (unpaired) electrons. The Morgan fingerprint density at radius 3 is 2.84 bits per heavy atom. The molecule has 0 bridgehead atoms. The number of halogens is 2. The Bertz CT molecular complexity index is 482. The lowest BCUT2D eigenvalue weighted by Crippen LogP contribution is -2.32. The number of carbonyl (C=O) groups excluding carboxylic acids is 1. The highest BCUT2D eigenvalue weighted by atomic mass is 35.5. The smallest absolute Gasteiger partial charge is 0.409 e. The Hall–Kier alpha value is -0.970. The zero-order valence-electron chi connectivity index (χ0n) is 10.6. The molecule has 2 unspecified atom stereocenters. The van der Waals surface area contributed by atoms with Crippen molar-refractivity contribution in [2.24, 2.45) is 5.73 Å². The van der Waals surface area contributed by atoms with Crippen LogP contribution in [0.15, 0.2) is 18.2 Å². The molecule has 1 heterocycles. The van der Waals surface area contributed by atoms with E-state index in [1.54, 1.807) is 24.0 Å². The molecule has 2 rings (SSSR count). The van der Waals surface area contributed by atoms with Crippen LogP contribution in [0.3, 0.4) is 0 Å². The van der Waals surface area contributed by atoms with Gasteiger partial charge in [-0.2, -0.15) is 0 Å². The molecule has 0 aliphatic carbocycles. The molecule has 0 spiro atoms. The van der Waals surface area contributed by atoms with Crippen molar-refractivity contribution in [1.29, 1.82) is 0 Å². The summed E-state index contributed by atoms with van der Waals surface area (Å²) in [4.78, 5) is 13.3. The number of amides is 1. The molecule has 4 nitrogen and oxygen atoms in total. The van der Waals surface area contributed by atoms with Crippen molar-refractivity contribution in [3.05, 3.63) is 33.8 Å². The monoisotopic (exact) mass is 302 g/mol. The number of hydrogen-bond acceptors (Lipinski definition) is 3. The molecular weight excluding hydrogens is 287 g/mol. The molecule has 19 heavy (non-hydrogen) atoms. The third kappa shape index (κ3) is 3.14. The third-order valence-corrected chi connectivity index (χ3v) is 3.82. The topological polar surface area (TPSA) is 55.6 Å². The van der Waals surface area contributed by atoms with Crippen LogP contribution in [-0.4, -0.2) is 36.7 Å². The van der Waals surface area contributed by atoms with Crippen LogP contribution in [0.5, 0.6) is 0 Å². The van der Waals surface area contributed by atoms with Crippen molar-refractivity contribution >= 4 is 29.3 Å². The predicted molar refractivity (Wildman–Crippen MR) is 75.8 cm³/mol. The molecule has 104 valence electrons. The minimum atomic E-state index is -0.328. The van der Waals surface area contributed by atoms with Gasteiger partial charge in [-0.05, 0) is 24.6 Å². The van der Waals surface area contributed by atoms with Gasteiger partial charge < -0.3 is 15.4 Å². The summed E-state index contributed by atoms with van der Waals surface area (Å²) in [5.41, 5.74) is 7.02. The van der Waals surface area contributed by atoms with Gasteiger partial charge >= 0.3 is 6.09 Å². The van der Waals surface area contributed by atoms with Crippen molar-refractivity contribution < 1.29 is 9.53 Å². The molecule has 1 aliphatic heterocycles. The Morgan fingerprint density at radius 1 is 1.47 bits per heavy atom. The summed E-state index contributed by atoms with van der Waals surface area (Å²) in [7, 11) is 0. The van der Waals surface area contributed by atoms with Crippen LogP contribution in [0.1, 0.15) is 18.4 Å². The fourth-order valence-electron chi connectivity index (χ4n) is 2.32. The van der Waals surface area contributed by atoms with E-state index in [0.717, 1.165) is 5.56 Å². The maximum Gasteiger partial charge on any atom is 0.409 e. The summed E-state index contributed by atoms with van der Waals surface area (Å²) in [6.45, 7) is 3.13. The maximum absolute atomic E-state index is 11.7. The Kier molecular flexibility index (Phi) is 4.55. The predicted octanol–water partition coefficient (Wildman–Crippen LogP) is 2.88. The SMILES string of the molecule is CCOC(=O)N1CC(N)C(c2ccc(Cl)cc2Cl)C1. The second-order valence-corrected chi connectivity index (χ2v) is 5.38. The zero-order valence-corrected chi connectivity index (χ0v) is 12.1. The largest absolute Gasteiger partial charge is 0.450 e. The van der Waals surface area contributed by atoms with Gasteiger partial charge in [0.15, 0.2) is 0 Å². The van der Waals surface area contributed by atoms with E-state index in [0.29, 0.717) is 29.7 Å². The molecule has 1 aromatic rings. The molecule has 1 saturated heterocycles. The average Bonchev–Trinajstić information content (AvgIpc) is 2.72. The molecule has 6 heteroatoms. The first-order chi connectivity index (χ1) is 9.02. The van der Waals surface area contributed by atoms with Crippen LogP contribution in [0, 0.1) is 0 Å². The zero-order chi connectivity index (χ0) is 14.0. The summed E-state index contributed by atoms with van der Waals surface area (Å²) in [5.74, 6) is 0.00849. The Labute approximate surface area is 122 Å². The summed E-state index contributed by atoms with van der Waals surface area (Å²) >= 11 is 12.1. The van der Waals surface area contributed by atoms with Gasteiger partial charge in [0.25, 0.3) is 0 Å². The number of ether oxygens (including phenoxy) is 1. The van der Waals surface area contributed by atoms with E-state index < -0.39 is 0 Å². The van der Waals surface area contributed by atoms with E-state index in [1.165, 1.54) is 0 Å². The highest BCUT2D eigenvalue weighted by molar-refractivity contribution is 6.35. The molecule has 0 aromatic heterocycles. The maximum atomic E-state index is 11.7. The summed E-state index contributed by atoms with van der Waals surface area (Å²) in [5, 5.41) is 1.17. The van der Waals surface area contributed by atoms with Crippen LogP contribution < -0.4 is 5.73 Å². The van der Waals surface area contributed by atoms with E-state index in [-0.39, 0.29) is 18.1 Å². The van der Waals surface area contributed by atoms with Gasteiger partial charge in [-0.15, -0.1) is 0 Å². The molecule has 1 amide bonds. The highest BCUT2D eigenvalue weighted by Gasteiger charge is 2.35. The number of benzene rings is 1. The van der Waals surface area contributed by atoms with Crippen molar-refractivity contribution in [2.45, 2.75) is 18.9 Å². The number of hydrogen-bond donors (Lipinski definition) is 1. The van der Waals surface area contributed by atoms with Crippen molar-refractivity contribution in [1.82, 2.24) is 4.90 Å². The van der Waals surface area contributed by atoms with Gasteiger partial charge in [-0.3, -0.25) is 0 Å². The van der Waals surface area contributed by atoms with Crippen LogP contribution in [0.2, 0.25) is 10.0 Å². The molecule has 0 saturated carbocycles. The average molecular weight is 303 g/mol. The normalized spacial score (nSPS) is 22.6. The Balaban J connectivity index is 2.15. The molecule has 1 aliphatic rings. The number of rotatable bonds is 2. The van der Waals surface area contributed by atoms with E-state index >= 15 is 0 Å². The fraction of sp³-hybridized carbons (Fsp3) is 0.462. The summed E-state index contributed by atoms with van der Waals surface area (Å²) < 4.78 is 4.99. The van der Waals surface area contributed by atoms with Gasteiger partial charge in [0.2, 0.25) is 0 Å². The first kappa shape index (κ1) is 14.4. The molecule has 1 fully saturated rings. The van der Waals surface area contributed by atoms with Crippen molar-refractivity contribution in [3.63, 3.8) is 0 Å². The molecule has 1 aromatic carbocycles. The van der Waals surface area contributed by atoms with Gasteiger partial charge in [0.05, 0.1) is 6.61 Å². The Morgan fingerprint density at radius 2 is 2.21 bits per heavy atom. The standard InChI is InChI=1S/C13H16Cl2N2O2/c1-2-19-13(18)17-6-10(12(16)7-17)9-4-3-8(14)5-11(9)15/h3-5,10,12H,2,6-7,16H2,1H3. The quantitative estimate of drug-likeness (QED) is 0.914. The minimum Gasteiger partial charge on any atom is -0.450 e. The van der Waals surface area contributed by atoms with Gasteiger partial charge in [-0.25, -0.2) is 4.79 Å². The lowest BCUT2D eigenvalue weighted by Gasteiger charge is -2.17. The summed E-state index contributed by atoms with van der Waals surface area (Å²) in [6, 6.07) is 5.19. The highest BCUT2D eigenvalue weighted by Crippen LogP contribution is 2.33. The molecule has 2 atom stereocenters. The van der Waals surface area contributed by atoms with Crippen molar-refractivity contribution in [3.8, 4) is 0 Å². The number of likely N-dealkylation sites (tertiary alicyclic amines) is 1. The van der Waals surface area contributed by atoms with Crippen molar-refractivity contribution in [2.75, 3.05) is 19.7 Å². The second kappa shape index (κ2) is 5.99. The number of carbonyl (C=O) groups is 1. The lowest BCUT2D eigenvalue weighted by atomic mass is 9.95. The van der Waals surface area contributed by atoms with E-state index in [4.69, 9.17) is 33.7 Å². The van der Waals surface area contributed by atoms with Crippen LogP contribution in [-0.2, 0) is 4.74 Å². The summed E-state index contributed by atoms with van der Waals surface area (Å²) in [6.07, 6.45) is -0.328. The first-order valence-corrected chi connectivity index (χ1v) is 6.90. The molecule has 2 N–H and O–H groups in total. The van der Waals surface area contributed by atoms with Crippen LogP contribution in [0.25, 0.3) is 0 Å². The van der Waals surface area contributed by atoms with Crippen LogP contribution in [0.4, 0.5) is 4.79 Å². The first-order valence-electron chi connectivity index (χ1n) is 6.15. The molecular formula is C13H16Cl2N2O2. The van der Waals surface area contributed by atoms with Crippen LogP contribution >= 0.6 is 23.2 Å². The fourth-order valence-corrected chi connectivity index (χ4v) is 2.87. The minimum absolute atomic E-state index is 0.00849. The lowest BCUT2D eigenvalue weighted by molar-refractivity contribution is 0.115. The third-order valence-electron chi connectivity index (χ3n) is 3.25. The van der Waals surface area contributed by atoms with Gasteiger partial charge in [-0.1, -0.05) is 29.3 Å².